The van der Waals surface area contributed by atoms with Crippen LogP contribution in [0.4, 0.5) is 0 Å². The minimum Gasteiger partial charge on any atom is -0.379 e. The highest BCUT2D eigenvalue weighted by molar-refractivity contribution is 5.78. The highest BCUT2D eigenvalue weighted by Crippen LogP contribution is 1.98. The molecule has 0 aromatic heterocycles. The molecular formula is C18H35NO6. The van der Waals surface area contributed by atoms with Gasteiger partial charge in [-0.3, -0.25) is 9.59 Å². The van der Waals surface area contributed by atoms with Crippen molar-refractivity contribution in [1.82, 2.24) is 4.90 Å². The number of nitrogens with zero attached hydrogens (tertiary/aromatic N) is 1. The molecular weight excluding hydrogens is 326 g/mol. The maximum atomic E-state index is 11.6. The maximum absolute atomic E-state index is 11.6. The summed E-state index contributed by atoms with van der Waals surface area (Å²) in [6.45, 7) is 10.2. The smallest absolute Gasteiger partial charge is 0.224 e. The summed E-state index contributed by atoms with van der Waals surface area (Å²) in [4.78, 5) is 24.4. The minimum absolute atomic E-state index is 0.0116. The molecule has 0 rings (SSSR count). The van der Waals surface area contributed by atoms with Crippen molar-refractivity contribution < 1.29 is 28.5 Å². The molecule has 0 aliphatic carbocycles. The second kappa shape index (κ2) is 16.4. The van der Waals surface area contributed by atoms with Crippen molar-refractivity contribution in [3.63, 3.8) is 0 Å². The van der Waals surface area contributed by atoms with Crippen molar-refractivity contribution in [2.75, 3.05) is 66.4 Å². The van der Waals surface area contributed by atoms with E-state index in [4.69, 9.17) is 18.9 Å². The summed E-state index contributed by atoms with van der Waals surface area (Å²) in [6, 6.07) is 0. The number of amides is 1. The Hall–Kier alpha value is -1.02. The number of carbonyl (C=O) groups is 2. The lowest BCUT2D eigenvalue weighted by Gasteiger charge is -2.19. The van der Waals surface area contributed by atoms with Crippen LogP contribution in [0.1, 0.15) is 33.6 Å². The van der Waals surface area contributed by atoms with Crippen LogP contribution in [0.2, 0.25) is 0 Å². The molecule has 0 heterocycles. The number of hydrogen-bond donors (Lipinski definition) is 0. The van der Waals surface area contributed by atoms with E-state index in [1.807, 2.05) is 20.8 Å². The summed E-state index contributed by atoms with van der Waals surface area (Å²) >= 11 is 0. The molecule has 7 heteroatoms. The lowest BCUT2D eigenvalue weighted by atomic mass is 10.2. The van der Waals surface area contributed by atoms with Gasteiger partial charge in [-0.1, -0.05) is 20.8 Å². The number of hydrogen-bond acceptors (Lipinski definition) is 6. The lowest BCUT2D eigenvalue weighted by molar-refractivity contribution is -0.133. The Balaban J connectivity index is 3.22. The first-order chi connectivity index (χ1) is 12.0. The molecule has 0 saturated carbocycles. The zero-order valence-electron chi connectivity index (χ0n) is 16.3. The lowest BCUT2D eigenvalue weighted by Crippen LogP contribution is -2.33. The molecule has 0 aliphatic heterocycles. The number of rotatable bonds is 17. The normalized spacial score (nSPS) is 11.1. The molecule has 0 unspecified atom stereocenters. The van der Waals surface area contributed by atoms with Crippen molar-refractivity contribution >= 4 is 11.7 Å². The van der Waals surface area contributed by atoms with Gasteiger partial charge in [0.25, 0.3) is 0 Å². The summed E-state index contributed by atoms with van der Waals surface area (Å²) in [5.41, 5.74) is 0. The molecule has 25 heavy (non-hydrogen) atoms. The van der Waals surface area contributed by atoms with E-state index in [9.17, 15) is 9.59 Å². The molecule has 0 aliphatic rings. The van der Waals surface area contributed by atoms with Crippen molar-refractivity contribution in [2.24, 2.45) is 5.92 Å². The average Bonchev–Trinajstić information content (AvgIpc) is 2.60. The summed E-state index contributed by atoms with van der Waals surface area (Å²) in [5.74, 6) is 0.352. The Morgan fingerprint density at radius 1 is 0.800 bits per heavy atom. The van der Waals surface area contributed by atoms with Crippen molar-refractivity contribution in [3.8, 4) is 0 Å². The number of likely N-dealkylation sites (N-methyl/N-ethyl adjacent to an activating group) is 1. The van der Waals surface area contributed by atoms with E-state index >= 15 is 0 Å². The standard InChI is InChI=1S/C18H35NO6/c1-5-17(20)6-8-22-10-12-24-14-15-25-13-11-23-9-7-19(4)18(21)16(2)3/h16H,5-15H2,1-4H3. The summed E-state index contributed by atoms with van der Waals surface area (Å²) in [5, 5.41) is 0. The Morgan fingerprint density at radius 2 is 1.24 bits per heavy atom. The van der Waals surface area contributed by atoms with Gasteiger partial charge in [0, 0.05) is 32.4 Å². The Kier molecular flexibility index (Phi) is 15.8. The fraction of sp³-hybridized carbons (Fsp3) is 0.889. The number of ether oxygens (including phenoxy) is 4. The molecule has 7 nitrogen and oxygen atoms in total. The molecule has 0 radical (unpaired) electrons. The van der Waals surface area contributed by atoms with E-state index in [-0.39, 0.29) is 17.6 Å². The summed E-state index contributed by atoms with van der Waals surface area (Å²) < 4.78 is 21.5. The third kappa shape index (κ3) is 15.0. The van der Waals surface area contributed by atoms with Crippen LogP contribution in [0.5, 0.6) is 0 Å². The fourth-order valence-corrected chi connectivity index (χ4v) is 1.88. The van der Waals surface area contributed by atoms with Crippen LogP contribution in [0.15, 0.2) is 0 Å². The van der Waals surface area contributed by atoms with Crippen LogP contribution in [0.3, 0.4) is 0 Å². The molecule has 0 N–H and O–H groups in total. The quantitative estimate of drug-likeness (QED) is 0.366. The molecule has 148 valence electrons. The topological polar surface area (TPSA) is 74.3 Å². The monoisotopic (exact) mass is 361 g/mol. The van der Waals surface area contributed by atoms with Gasteiger partial charge in [-0.15, -0.1) is 0 Å². The minimum atomic E-state index is 0.0116. The average molecular weight is 361 g/mol. The first kappa shape index (κ1) is 24.0. The van der Waals surface area contributed by atoms with Crippen LogP contribution in [-0.4, -0.2) is 83.0 Å². The van der Waals surface area contributed by atoms with Gasteiger partial charge >= 0.3 is 0 Å². The predicted octanol–water partition coefficient (Wildman–Crippen LogP) is 1.54. The van der Waals surface area contributed by atoms with E-state index in [0.717, 1.165) is 0 Å². The van der Waals surface area contributed by atoms with Crippen LogP contribution in [0.25, 0.3) is 0 Å². The molecule has 0 aromatic rings. The second-order valence-corrected chi connectivity index (χ2v) is 6.01. The Labute approximate surface area is 151 Å². The first-order valence-electron chi connectivity index (χ1n) is 9.06. The van der Waals surface area contributed by atoms with Crippen molar-refractivity contribution in [3.05, 3.63) is 0 Å². The molecule has 0 atom stereocenters. The number of ketones is 1. The molecule has 0 fully saturated rings. The highest BCUT2D eigenvalue weighted by Gasteiger charge is 2.11. The molecule has 0 saturated heterocycles. The molecule has 1 amide bonds. The van der Waals surface area contributed by atoms with E-state index < -0.39 is 0 Å². The summed E-state index contributed by atoms with van der Waals surface area (Å²) in [6.07, 6.45) is 1.04. The Morgan fingerprint density at radius 3 is 1.68 bits per heavy atom. The van der Waals surface area contributed by atoms with Gasteiger partial charge in [0.15, 0.2) is 0 Å². The number of Topliss-reactive ketones (excluding diaryl/α,β-unsaturated/α-hetero) is 1. The van der Waals surface area contributed by atoms with Crippen LogP contribution in [0, 0.1) is 5.92 Å². The molecule has 0 spiro atoms. The third-order valence-electron chi connectivity index (χ3n) is 3.48. The van der Waals surface area contributed by atoms with Crippen LogP contribution in [-0.2, 0) is 28.5 Å². The van der Waals surface area contributed by atoms with E-state index in [2.05, 4.69) is 0 Å². The van der Waals surface area contributed by atoms with Gasteiger partial charge < -0.3 is 23.8 Å². The number of carbonyl (C=O) groups excluding carboxylic acids is 2. The maximum Gasteiger partial charge on any atom is 0.224 e. The zero-order valence-corrected chi connectivity index (χ0v) is 16.3. The third-order valence-corrected chi connectivity index (χ3v) is 3.48. The fourth-order valence-electron chi connectivity index (χ4n) is 1.88. The second-order valence-electron chi connectivity index (χ2n) is 6.01. The zero-order chi connectivity index (χ0) is 18.9. The summed E-state index contributed by atoms with van der Waals surface area (Å²) in [7, 11) is 1.78. The van der Waals surface area contributed by atoms with Gasteiger partial charge in [0.05, 0.1) is 52.9 Å². The van der Waals surface area contributed by atoms with Gasteiger partial charge in [-0.25, -0.2) is 0 Å². The van der Waals surface area contributed by atoms with Gasteiger partial charge in [0.1, 0.15) is 5.78 Å². The Bertz CT molecular complexity index is 348. The highest BCUT2D eigenvalue weighted by atomic mass is 16.6. The van der Waals surface area contributed by atoms with Crippen LogP contribution < -0.4 is 0 Å². The first-order valence-corrected chi connectivity index (χ1v) is 9.06. The largest absolute Gasteiger partial charge is 0.379 e. The predicted molar refractivity (Wildman–Crippen MR) is 95.7 cm³/mol. The van der Waals surface area contributed by atoms with E-state index in [1.54, 1.807) is 11.9 Å². The van der Waals surface area contributed by atoms with E-state index in [0.29, 0.717) is 72.2 Å². The van der Waals surface area contributed by atoms with Gasteiger partial charge in [-0.05, 0) is 0 Å². The van der Waals surface area contributed by atoms with Crippen molar-refractivity contribution in [1.29, 1.82) is 0 Å². The molecule has 0 bridgehead atoms. The van der Waals surface area contributed by atoms with Gasteiger partial charge in [0.2, 0.25) is 5.91 Å². The van der Waals surface area contributed by atoms with E-state index in [1.165, 1.54) is 0 Å². The molecule has 0 aromatic carbocycles. The van der Waals surface area contributed by atoms with Crippen LogP contribution >= 0.6 is 0 Å². The SMILES string of the molecule is CCC(=O)CCOCCOCCOCCOCCN(C)C(=O)C(C)C. The van der Waals surface area contributed by atoms with Gasteiger partial charge in [-0.2, -0.15) is 0 Å². The van der Waals surface area contributed by atoms with Crippen molar-refractivity contribution in [2.45, 2.75) is 33.6 Å².